The van der Waals surface area contributed by atoms with E-state index in [0.29, 0.717) is 19.6 Å². The van der Waals surface area contributed by atoms with Crippen molar-refractivity contribution in [2.24, 2.45) is 0 Å². The van der Waals surface area contributed by atoms with Gasteiger partial charge in [-0.1, -0.05) is 18.2 Å². The number of hydrogen-bond donors (Lipinski definition) is 2. The maximum atomic E-state index is 11.5. The largest absolute Gasteiger partial charge is 0.494 e. The number of carbonyl (C=O) groups excluding carboxylic acids is 1. The molecule has 1 amide bonds. The van der Waals surface area contributed by atoms with Crippen LogP contribution >= 0.6 is 0 Å². The molecule has 0 unspecified atom stereocenters. The van der Waals surface area contributed by atoms with Crippen LogP contribution in [0.15, 0.2) is 60.7 Å². The molecule has 4 aromatic rings. The first-order chi connectivity index (χ1) is 17.1. The molecule has 0 saturated carbocycles. The molecule has 0 bridgehead atoms. The van der Waals surface area contributed by atoms with Gasteiger partial charge in [0.15, 0.2) is 0 Å². The van der Waals surface area contributed by atoms with Gasteiger partial charge < -0.3 is 24.5 Å². The van der Waals surface area contributed by atoms with Crippen molar-refractivity contribution >= 4 is 39.4 Å². The van der Waals surface area contributed by atoms with E-state index in [2.05, 4.69) is 5.32 Å². The summed E-state index contributed by atoms with van der Waals surface area (Å²) in [5.41, 5.74) is 3.77. The lowest BCUT2D eigenvalue weighted by Crippen LogP contribution is -2.18. The second-order valence-corrected chi connectivity index (χ2v) is 8.80. The SMILES string of the molecule is O=C(O)Cn1c2ccccc2c2ccc(OCCCCCOc3ccc4c(c3)CCC(=O)N4)cc21. The van der Waals surface area contributed by atoms with Gasteiger partial charge >= 0.3 is 5.97 Å². The van der Waals surface area contributed by atoms with Crippen molar-refractivity contribution in [1.82, 2.24) is 4.57 Å². The number of amides is 1. The van der Waals surface area contributed by atoms with Crippen molar-refractivity contribution in [2.75, 3.05) is 18.5 Å². The number of ether oxygens (including phenoxy) is 2. The Morgan fingerprint density at radius 2 is 1.57 bits per heavy atom. The molecule has 3 aromatic carbocycles. The number of rotatable bonds is 10. The predicted octanol–water partition coefficient (Wildman–Crippen LogP) is 5.39. The van der Waals surface area contributed by atoms with Gasteiger partial charge in [-0.15, -0.1) is 0 Å². The third-order valence-corrected chi connectivity index (χ3v) is 6.34. The molecule has 35 heavy (non-hydrogen) atoms. The molecule has 2 heterocycles. The molecule has 0 aliphatic carbocycles. The lowest BCUT2D eigenvalue weighted by atomic mass is 10.0. The molecule has 2 N–H and O–H groups in total. The van der Waals surface area contributed by atoms with E-state index in [4.69, 9.17) is 9.47 Å². The number of nitrogens with zero attached hydrogens (tertiary/aromatic N) is 1. The zero-order valence-corrected chi connectivity index (χ0v) is 19.5. The Kier molecular flexibility index (Phi) is 6.57. The van der Waals surface area contributed by atoms with Gasteiger partial charge in [0.25, 0.3) is 0 Å². The number of anilines is 1. The highest BCUT2D eigenvalue weighted by molar-refractivity contribution is 6.08. The summed E-state index contributed by atoms with van der Waals surface area (Å²) in [5, 5.41) is 14.3. The number of para-hydroxylation sites is 1. The Morgan fingerprint density at radius 1 is 0.857 bits per heavy atom. The molecule has 0 atom stereocenters. The van der Waals surface area contributed by atoms with Crippen molar-refractivity contribution in [3.63, 3.8) is 0 Å². The molecule has 0 radical (unpaired) electrons. The molecular weight excluding hydrogens is 444 g/mol. The summed E-state index contributed by atoms with van der Waals surface area (Å²) in [7, 11) is 0. The third kappa shape index (κ3) is 5.09. The Bertz CT molecular complexity index is 1390. The van der Waals surface area contributed by atoms with E-state index in [1.165, 1.54) is 0 Å². The number of hydrogen-bond acceptors (Lipinski definition) is 4. The highest BCUT2D eigenvalue weighted by Gasteiger charge is 2.15. The molecule has 7 heteroatoms. The van der Waals surface area contributed by atoms with Gasteiger partial charge in [-0.3, -0.25) is 9.59 Å². The van der Waals surface area contributed by atoms with E-state index in [-0.39, 0.29) is 12.5 Å². The molecule has 5 rings (SSSR count). The summed E-state index contributed by atoms with van der Waals surface area (Å²) in [6, 6.07) is 19.5. The molecule has 180 valence electrons. The number of unbranched alkanes of at least 4 members (excludes halogenated alkanes) is 2. The number of benzene rings is 3. The highest BCUT2D eigenvalue weighted by Crippen LogP contribution is 2.32. The molecule has 1 aliphatic heterocycles. The van der Waals surface area contributed by atoms with Crippen molar-refractivity contribution in [3.8, 4) is 11.5 Å². The van der Waals surface area contributed by atoms with E-state index in [1.54, 1.807) is 0 Å². The molecule has 0 spiro atoms. The van der Waals surface area contributed by atoms with Gasteiger partial charge in [0.1, 0.15) is 18.0 Å². The van der Waals surface area contributed by atoms with E-state index < -0.39 is 5.97 Å². The van der Waals surface area contributed by atoms with Crippen LogP contribution in [0.25, 0.3) is 21.8 Å². The standard InChI is InChI=1S/C28H28N2O5/c31-27-13-8-19-16-20(10-12-24(19)29-27)34-14-4-1-5-15-35-21-9-11-23-22-6-2-3-7-25(22)30(18-28(32)33)26(23)17-21/h2-3,6-7,9-12,16-17H,1,4-5,8,13-15,18H2,(H,29,31)(H,32,33). The average Bonchev–Trinajstić information content (AvgIpc) is 3.16. The number of aryl methyl sites for hydroxylation is 1. The Hall–Kier alpha value is -4.00. The predicted molar refractivity (Wildman–Crippen MR) is 135 cm³/mol. The van der Waals surface area contributed by atoms with Crippen LogP contribution in [0.2, 0.25) is 0 Å². The average molecular weight is 473 g/mol. The fraction of sp³-hybridized carbons (Fsp3) is 0.286. The van der Waals surface area contributed by atoms with Crippen LogP contribution in [0, 0.1) is 0 Å². The monoisotopic (exact) mass is 472 g/mol. The van der Waals surface area contributed by atoms with Crippen LogP contribution in [0.4, 0.5) is 5.69 Å². The van der Waals surface area contributed by atoms with Gasteiger partial charge in [0, 0.05) is 34.5 Å². The minimum atomic E-state index is -0.872. The molecule has 1 aliphatic rings. The molecule has 0 saturated heterocycles. The smallest absolute Gasteiger partial charge is 0.323 e. The van der Waals surface area contributed by atoms with E-state index in [9.17, 15) is 14.7 Å². The summed E-state index contributed by atoms with van der Waals surface area (Å²) in [4.78, 5) is 22.9. The second kappa shape index (κ2) is 10.1. The number of carbonyl (C=O) groups is 2. The molecular formula is C28H28N2O5. The maximum Gasteiger partial charge on any atom is 0.323 e. The van der Waals surface area contributed by atoms with E-state index >= 15 is 0 Å². The number of aliphatic carboxylic acids is 1. The first-order valence-corrected chi connectivity index (χ1v) is 12.0. The van der Waals surface area contributed by atoms with Gasteiger partial charge in [-0.25, -0.2) is 0 Å². The zero-order chi connectivity index (χ0) is 24.2. The lowest BCUT2D eigenvalue weighted by molar-refractivity contribution is -0.137. The van der Waals surface area contributed by atoms with Crippen LogP contribution in [0.1, 0.15) is 31.2 Å². The molecule has 7 nitrogen and oxygen atoms in total. The van der Waals surface area contributed by atoms with Gasteiger partial charge in [-0.05, 0) is 67.6 Å². The summed E-state index contributed by atoms with van der Waals surface area (Å²) in [6.07, 6.45) is 4.06. The van der Waals surface area contributed by atoms with Crippen molar-refractivity contribution < 1.29 is 24.2 Å². The summed E-state index contributed by atoms with van der Waals surface area (Å²) in [5.74, 6) is 0.768. The zero-order valence-electron chi connectivity index (χ0n) is 19.5. The second-order valence-electron chi connectivity index (χ2n) is 8.80. The summed E-state index contributed by atoms with van der Waals surface area (Å²) < 4.78 is 13.7. The normalized spacial score (nSPS) is 13.0. The first-order valence-electron chi connectivity index (χ1n) is 12.0. The van der Waals surface area contributed by atoms with Crippen LogP contribution in [0.3, 0.4) is 0 Å². The molecule has 0 fully saturated rings. The van der Waals surface area contributed by atoms with Crippen molar-refractivity contribution in [2.45, 2.75) is 38.6 Å². The number of carboxylic acids is 1. The van der Waals surface area contributed by atoms with Crippen LogP contribution in [-0.2, 0) is 22.6 Å². The first kappa shape index (κ1) is 22.8. The minimum Gasteiger partial charge on any atom is -0.494 e. The Labute approximate surface area is 203 Å². The van der Waals surface area contributed by atoms with E-state index in [0.717, 1.165) is 70.2 Å². The quantitative estimate of drug-likeness (QED) is 0.302. The minimum absolute atomic E-state index is 0.0657. The van der Waals surface area contributed by atoms with Crippen molar-refractivity contribution in [3.05, 3.63) is 66.2 Å². The van der Waals surface area contributed by atoms with Crippen LogP contribution in [0.5, 0.6) is 11.5 Å². The van der Waals surface area contributed by atoms with Crippen molar-refractivity contribution in [1.29, 1.82) is 0 Å². The Balaban J connectivity index is 1.11. The fourth-order valence-electron chi connectivity index (χ4n) is 4.63. The van der Waals surface area contributed by atoms with E-state index in [1.807, 2.05) is 65.2 Å². The third-order valence-electron chi connectivity index (χ3n) is 6.34. The number of carboxylic acid groups (broad SMARTS) is 1. The molecule has 1 aromatic heterocycles. The topological polar surface area (TPSA) is 89.8 Å². The van der Waals surface area contributed by atoms with Gasteiger partial charge in [0.05, 0.1) is 18.7 Å². The summed E-state index contributed by atoms with van der Waals surface area (Å²) >= 11 is 0. The fourth-order valence-corrected chi connectivity index (χ4v) is 4.63. The Morgan fingerprint density at radius 3 is 2.37 bits per heavy atom. The van der Waals surface area contributed by atoms with Crippen LogP contribution < -0.4 is 14.8 Å². The van der Waals surface area contributed by atoms with Gasteiger partial charge in [0.2, 0.25) is 5.91 Å². The highest BCUT2D eigenvalue weighted by atomic mass is 16.5. The summed E-state index contributed by atoms with van der Waals surface area (Å²) in [6.45, 7) is 1.13. The maximum absolute atomic E-state index is 11.5. The number of nitrogens with one attached hydrogen (secondary N) is 1. The lowest BCUT2D eigenvalue weighted by Gasteiger charge is -2.17. The number of aromatic nitrogens is 1. The van der Waals surface area contributed by atoms with Crippen LogP contribution in [-0.4, -0.2) is 34.8 Å². The van der Waals surface area contributed by atoms with Gasteiger partial charge in [-0.2, -0.15) is 0 Å². The number of fused-ring (bicyclic) bond motifs is 4.